The molecule has 2 rings (SSSR count). The summed E-state index contributed by atoms with van der Waals surface area (Å²) in [5, 5.41) is 10.0. The minimum Gasteiger partial charge on any atom is -0.504 e. The zero-order chi connectivity index (χ0) is 13.8. The highest BCUT2D eigenvalue weighted by molar-refractivity contribution is 5.37. The molecule has 0 aliphatic rings. The van der Waals surface area contributed by atoms with Crippen molar-refractivity contribution in [2.45, 2.75) is 26.2 Å². The van der Waals surface area contributed by atoms with Crippen LogP contribution in [0.3, 0.4) is 0 Å². The molecule has 0 aliphatic heterocycles. The number of hydrogen-bond donors (Lipinski definition) is 1. The first-order chi connectivity index (χ1) is 9.08. The summed E-state index contributed by atoms with van der Waals surface area (Å²) in [5.41, 5.74) is 2.39. The van der Waals surface area contributed by atoms with Gasteiger partial charge in [-0.2, -0.15) is 0 Å². The molecule has 0 aromatic heterocycles. The van der Waals surface area contributed by atoms with Gasteiger partial charge in [0.05, 0.1) is 0 Å². The molecule has 0 radical (unpaired) electrons. The minimum atomic E-state index is -0.306. The predicted octanol–water partition coefficient (Wildman–Crippen LogP) is 3.47. The maximum absolute atomic E-state index is 11.9. The zero-order valence-electron chi connectivity index (χ0n) is 11.3. The van der Waals surface area contributed by atoms with Gasteiger partial charge in [-0.1, -0.05) is 56.3 Å². The maximum Gasteiger partial charge on any atom is 0.220 e. The zero-order valence-corrected chi connectivity index (χ0v) is 11.3. The van der Waals surface area contributed by atoms with Crippen LogP contribution < -0.4 is 5.43 Å². The molecule has 0 spiro atoms. The fourth-order valence-electron chi connectivity index (χ4n) is 2.02. The highest BCUT2D eigenvalue weighted by atomic mass is 16.3. The average molecular weight is 254 g/mol. The third-order valence-corrected chi connectivity index (χ3v) is 3.22. The van der Waals surface area contributed by atoms with E-state index in [0.29, 0.717) is 12.0 Å². The molecule has 0 saturated carbocycles. The van der Waals surface area contributed by atoms with Crippen LogP contribution in [0.2, 0.25) is 0 Å². The molecule has 0 saturated heterocycles. The molecule has 19 heavy (non-hydrogen) atoms. The first-order valence-corrected chi connectivity index (χ1v) is 6.48. The number of rotatable bonds is 3. The third kappa shape index (κ3) is 3.22. The van der Waals surface area contributed by atoms with Crippen LogP contribution in [0, 0.1) is 0 Å². The van der Waals surface area contributed by atoms with E-state index in [1.54, 1.807) is 0 Å². The summed E-state index contributed by atoms with van der Waals surface area (Å²) in [6.45, 7) is 4.06. The number of aromatic hydroxyl groups is 1. The second kappa shape index (κ2) is 5.70. The van der Waals surface area contributed by atoms with Crippen molar-refractivity contribution in [2.75, 3.05) is 0 Å². The summed E-state index contributed by atoms with van der Waals surface area (Å²) in [7, 11) is 0. The molecule has 0 fully saturated rings. The summed E-state index contributed by atoms with van der Waals surface area (Å²) in [4.78, 5) is 11.9. The van der Waals surface area contributed by atoms with Crippen LogP contribution in [0.25, 0.3) is 0 Å². The smallest absolute Gasteiger partial charge is 0.220 e. The Morgan fingerprint density at radius 1 is 1.05 bits per heavy atom. The van der Waals surface area contributed by atoms with Crippen molar-refractivity contribution in [3.05, 3.63) is 75.4 Å². The van der Waals surface area contributed by atoms with E-state index in [9.17, 15) is 9.90 Å². The van der Waals surface area contributed by atoms with Crippen LogP contribution in [0.1, 0.15) is 36.5 Å². The highest BCUT2D eigenvalue weighted by Crippen LogP contribution is 2.19. The van der Waals surface area contributed by atoms with Crippen LogP contribution in [0.5, 0.6) is 5.75 Å². The molecular formula is C17H18O2. The quantitative estimate of drug-likeness (QED) is 0.910. The molecule has 0 heterocycles. The molecule has 0 amide bonds. The fraction of sp³-hybridized carbons (Fsp3) is 0.235. The lowest BCUT2D eigenvalue weighted by Gasteiger charge is -2.01. The van der Waals surface area contributed by atoms with E-state index in [1.165, 1.54) is 6.07 Å². The van der Waals surface area contributed by atoms with Crippen LogP contribution in [-0.4, -0.2) is 5.11 Å². The second-order valence-electron chi connectivity index (χ2n) is 5.03. The van der Waals surface area contributed by atoms with Gasteiger partial charge < -0.3 is 5.11 Å². The normalized spacial score (nSPS) is 10.7. The van der Waals surface area contributed by atoms with Gasteiger partial charge in [-0.3, -0.25) is 4.79 Å². The third-order valence-electron chi connectivity index (χ3n) is 3.22. The largest absolute Gasteiger partial charge is 0.504 e. The van der Waals surface area contributed by atoms with Gasteiger partial charge in [0.25, 0.3) is 0 Å². The van der Waals surface area contributed by atoms with Crippen molar-refractivity contribution < 1.29 is 5.11 Å². The first-order valence-electron chi connectivity index (χ1n) is 6.48. The van der Waals surface area contributed by atoms with Gasteiger partial charge >= 0.3 is 0 Å². The van der Waals surface area contributed by atoms with E-state index in [-0.39, 0.29) is 17.1 Å². The molecule has 0 aliphatic carbocycles. The van der Waals surface area contributed by atoms with Crippen molar-refractivity contribution in [1.82, 2.24) is 0 Å². The van der Waals surface area contributed by atoms with Gasteiger partial charge in [-0.15, -0.1) is 0 Å². The summed E-state index contributed by atoms with van der Waals surface area (Å²) in [5.74, 6) is 0.125. The SMILES string of the molecule is CC(C)c1ccc(Cc2ccccc2)c(O)c(=O)c1. The Hall–Kier alpha value is -2.09. The highest BCUT2D eigenvalue weighted by Gasteiger charge is 2.07. The molecule has 1 N–H and O–H groups in total. The topological polar surface area (TPSA) is 37.3 Å². The Balaban J connectivity index is 2.45. The summed E-state index contributed by atoms with van der Waals surface area (Å²) in [6.07, 6.45) is 0.564. The van der Waals surface area contributed by atoms with Crippen LogP contribution in [-0.2, 0) is 6.42 Å². The van der Waals surface area contributed by atoms with Crippen molar-refractivity contribution in [1.29, 1.82) is 0 Å². The molecule has 2 aromatic carbocycles. The Kier molecular flexibility index (Phi) is 4.00. The first kappa shape index (κ1) is 13.3. The molecule has 2 aromatic rings. The lowest BCUT2D eigenvalue weighted by atomic mass is 10.0. The van der Waals surface area contributed by atoms with Crippen molar-refractivity contribution in [3.8, 4) is 5.75 Å². The van der Waals surface area contributed by atoms with E-state index >= 15 is 0 Å². The van der Waals surface area contributed by atoms with Crippen LogP contribution in [0.4, 0.5) is 0 Å². The summed E-state index contributed by atoms with van der Waals surface area (Å²) >= 11 is 0. The van der Waals surface area contributed by atoms with E-state index in [0.717, 1.165) is 11.1 Å². The van der Waals surface area contributed by atoms with Gasteiger partial charge in [0.2, 0.25) is 5.43 Å². The van der Waals surface area contributed by atoms with Crippen molar-refractivity contribution in [3.63, 3.8) is 0 Å². The molecule has 2 nitrogen and oxygen atoms in total. The van der Waals surface area contributed by atoms with Gasteiger partial charge in [0, 0.05) is 12.0 Å². The van der Waals surface area contributed by atoms with Gasteiger partial charge in [0.1, 0.15) is 0 Å². The van der Waals surface area contributed by atoms with Crippen LogP contribution >= 0.6 is 0 Å². The van der Waals surface area contributed by atoms with Gasteiger partial charge in [-0.25, -0.2) is 0 Å². The molecule has 98 valence electrons. The van der Waals surface area contributed by atoms with Crippen molar-refractivity contribution in [2.24, 2.45) is 0 Å². The lowest BCUT2D eigenvalue weighted by Crippen LogP contribution is -1.99. The molecule has 0 atom stereocenters. The van der Waals surface area contributed by atoms with E-state index in [2.05, 4.69) is 0 Å². The Bertz CT molecular complexity index is 616. The Morgan fingerprint density at radius 3 is 2.37 bits per heavy atom. The van der Waals surface area contributed by atoms with Crippen LogP contribution in [0.15, 0.2) is 53.3 Å². The monoisotopic (exact) mass is 254 g/mol. The van der Waals surface area contributed by atoms with E-state index in [1.807, 2.05) is 56.3 Å². The Labute approximate surface area is 113 Å². The number of benzene rings is 1. The summed E-state index contributed by atoms with van der Waals surface area (Å²) in [6, 6.07) is 15.1. The van der Waals surface area contributed by atoms with Gasteiger partial charge in [-0.05, 0) is 23.1 Å². The lowest BCUT2D eigenvalue weighted by molar-refractivity contribution is 0.465. The van der Waals surface area contributed by atoms with Gasteiger partial charge in [0.15, 0.2) is 5.75 Å². The van der Waals surface area contributed by atoms with E-state index < -0.39 is 0 Å². The average Bonchev–Trinajstić information content (AvgIpc) is 2.53. The minimum absolute atomic E-state index is 0.143. The molecular weight excluding hydrogens is 236 g/mol. The molecule has 0 unspecified atom stereocenters. The van der Waals surface area contributed by atoms with E-state index in [4.69, 9.17) is 0 Å². The van der Waals surface area contributed by atoms with Crippen molar-refractivity contribution >= 4 is 0 Å². The Morgan fingerprint density at radius 2 is 1.74 bits per heavy atom. The molecule has 2 heteroatoms. The predicted molar refractivity (Wildman–Crippen MR) is 77.7 cm³/mol. The fourth-order valence-corrected chi connectivity index (χ4v) is 2.02. The second-order valence-corrected chi connectivity index (χ2v) is 5.03. The molecule has 0 bridgehead atoms. The summed E-state index contributed by atoms with van der Waals surface area (Å²) < 4.78 is 0. The standard InChI is InChI=1S/C17H18O2/c1-12(2)14-8-9-15(17(19)16(18)11-14)10-13-6-4-3-5-7-13/h3-9,11-12H,10H2,1-2H3,(H,18,19). The maximum atomic E-state index is 11.9. The number of hydrogen-bond acceptors (Lipinski definition) is 2.